The molecule has 4 aromatic rings. The van der Waals surface area contributed by atoms with Crippen molar-refractivity contribution in [3.8, 4) is 11.8 Å². The van der Waals surface area contributed by atoms with Gasteiger partial charge in [0.25, 0.3) is 0 Å². The van der Waals surface area contributed by atoms with E-state index in [1.54, 1.807) is 33.8 Å². The number of nitrogens with zero attached hydrogens (tertiary/aromatic N) is 5. The number of likely N-dealkylation sites (tertiary alicyclic amines) is 1. The number of amides is 2. The van der Waals surface area contributed by atoms with Gasteiger partial charge in [0.1, 0.15) is 17.8 Å². The monoisotopic (exact) mass is 573 g/mol. The van der Waals surface area contributed by atoms with E-state index in [9.17, 15) is 22.8 Å². The third-order valence-corrected chi connectivity index (χ3v) is 6.86. The maximum absolute atomic E-state index is 12.8. The molecule has 3 N–H and O–H groups in total. The number of rotatable bonds is 5. The third-order valence-electron chi connectivity index (χ3n) is 6.86. The lowest BCUT2D eigenvalue weighted by atomic mass is 10.1. The number of nitrogens with two attached hydrogens (primary N) is 1. The van der Waals surface area contributed by atoms with E-state index in [4.69, 9.17) is 10.8 Å². The van der Waals surface area contributed by atoms with E-state index in [0.29, 0.717) is 40.9 Å². The maximum atomic E-state index is 12.8. The Bertz CT molecular complexity index is 1720. The average Bonchev–Trinajstić information content (AvgIpc) is 3.35. The summed E-state index contributed by atoms with van der Waals surface area (Å²) in [5.41, 5.74) is 7.86. The summed E-state index contributed by atoms with van der Waals surface area (Å²) in [4.78, 5) is 35.0. The first-order valence-electron chi connectivity index (χ1n) is 13.1. The van der Waals surface area contributed by atoms with Crippen LogP contribution >= 0.6 is 0 Å². The molecule has 1 aliphatic heterocycles. The first-order chi connectivity index (χ1) is 20.1. The van der Waals surface area contributed by atoms with Gasteiger partial charge >= 0.3 is 6.18 Å². The number of nitrogens with one attached hydrogen (secondary N) is 1. The minimum absolute atomic E-state index is 0.00348. The Hall–Kier alpha value is -5.18. The van der Waals surface area contributed by atoms with E-state index in [1.807, 2.05) is 0 Å². The lowest BCUT2D eigenvalue weighted by Crippen LogP contribution is -2.40. The number of aromatic nitrogens is 4. The van der Waals surface area contributed by atoms with E-state index in [2.05, 4.69) is 33.7 Å². The van der Waals surface area contributed by atoms with Gasteiger partial charge in [-0.05, 0) is 66.8 Å². The van der Waals surface area contributed by atoms with Crippen molar-refractivity contribution in [3.05, 3.63) is 89.9 Å². The molecule has 0 aliphatic carbocycles. The van der Waals surface area contributed by atoms with Gasteiger partial charge in [-0.25, -0.2) is 14.6 Å². The highest BCUT2D eigenvalue weighted by Crippen LogP contribution is 2.30. The van der Waals surface area contributed by atoms with Crippen molar-refractivity contribution in [3.63, 3.8) is 0 Å². The fraction of sp³-hybridized carbons (Fsp3) is 0.233. The van der Waals surface area contributed by atoms with Crippen LogP contribution in [0, 0.1) is 11.8 Å². The molecule has 0 spiro atoms. The van der Waals surface area contributed by atoms with E-state index < -0.39 is 11.7 Å². The third kappa shape index (κ3) is 6.25. The van der Waals surface area contributed by atoms with Crippen molar-refractivity contribution in [2.45, 2.75) is 31.5 Å². The summed E-state index contributed by atoms with van der Waals surface area (Å²) in [7, 11) is 0. The van der Waals surface area contributed by atoms with Gasteiger partial charge in [-0.2, -0.15) is 18.3 Å². The van der Waals surface area contributed by atoms with Crippen LogP contribution in [0.4, 0.5) is 24.7 Å². The smallest absolute Gasteiger partial charge is 0.383 e. The van der Waals surface area contributed by atoms with Crippen LogP contribution in [0.1, 0.15) is 41.3 Å². The molecular weight excluding hydrogens is 547 g/mol. The SMILES string of the molecule is C=CC(=O)N1CCC[C@@H](n2nc(C#Cc3cccc(CC(=O)Nc4ccc(C(F)(F)F)cc4)c3)c3c(N)ncnc32)C1. The molecule has 12 heteroatoms. The van der Waals surface area contributed by atoms with E-state index in [-0.39, 0.29) is 35.8 Å². The molecule has 0 unspecified atom stereocenters. The fourth-order valence-corrected chi connectivity index (χ4v) is 4.84. The van der Waals surface area contributed by atoms with E-state index in [0.717, 1.165) is 25.0 Å². The van der Waals surface area contributed by atoms with Gasteiger partial charge in [-0.1, -0.05) is 24.6 Å². The highest BCUT2D eigenvalue weighted by molar-refractivity contribution is 5.92. The van der Waals surface area contributed by atoms with Gasteiger partial charge < -0.3 is 16.0 Å². The van der Waals surface area contributed by atoms with Crippen LogP contribution in [0.2, 0.25) is 0 Å². The predicted molar refractivity (Wildman–Crippen MR) is 151 cm³/mol. The van der Waals surface area contributed by atoms with E-state index >= 15 is 0 Å². The van der Waals surface area contributed by atoms with Crippen LogP contribution in [0.25, 0.3) is 11.0 Å². The number of hydrogen-bond acceptors (Lipinski definition) is 6. The molecule has 1 saturated heterocycles. The van der Waals surface area contributed by atoms with Crippen LogP contribution in [-0.2, 0) is 22.2 Å². The van der Waals surface area contributed by atoms with Crippen LogP contribution in [0.3, 0.4) is 0 Å². The lowest BCUT2D eigenvalue weighted by Gasteiger charge is -2.32. The first kappa shape index (κ1) is 28.4. The number of fused-ring (bicyclic) bond motifs is 1. The summed E-state index contributed by atoms with van der Waals surface area (Å²) in [5, 5.41) is 7.84. The van der Waals surface area contributed by atoms with Gasteiger partial charge in [0, 0.05) is 24.3 Å². The summed E-state index contributed by atoms with van der Waals surface area (Å²) in [6.45, 7) is 4.67. The zero-order valence-corrected chi connectivity index (χ0v) is 22.4. The number of carbonyl (C=O) groups excluding carboxylic acids is 2. The second kappa shape index (κ2) is 11.7. The molecule has 1 aliphatic rings. The number of carbonyl (C=O) groups is 2. The molecule has 2 aromatic carbocycles. The van der Waals surface area contributed by atoms with Crippen molar-refractivity contribution in [2.75, 3.05) is 24.1 Å². The lowest BCUT2D eigenvalue weighted by molar-refractivity contribution is -0.137. The molecule has 2 amide bonds. The summed E-state index contributed by atoms with van der Waals surface area (Å²) >= 11 is 0. The number of alkyl halides is 3. The highest BCUT2D eigenvalue weighted by Gasteiger charge is 2.30. The van der Waals surface area contributed by atoms with Crippen LogP contribution in [-0.4, -0.2) is 49.6 Å². The Morgan fingerprint density at radius 3 is 2.67 bits per heavy atom. The molecule has 9 nitrogen and oxygen atoms in total. The molecule has 214 valence electrons. The molecular formula is C30H26F3N7O2. The molecule has 42 heavy (non-hydrogen) atoms. The summed E-state index contributed by atoms with van der Waals surface area (Å²) in [6, 6.07) is 11.2. The maximum Gasteiger partial charge on any atom is 0.416 e. The number of piperidine rings is 1. The van der Waals surface area contributed by atoms with Crippen molar-refractivity contribution in [1.82, 2.24) is 24.6 Å². The highest BCUT2D eigenvalue weighted by atomic mass is 19.4. The van der Waals surface area contributed by atoms with Crippen molar-refractivity contribution in [1.29, 1.82) is 0 Å². The Labute approximate surface area is 239 Å². The molecule has 0 radical (unpaired) electrons. The number of halogens is 3. The number of benzene rings is 2. The van der Waals surface area contributed by atoms with E-state index in [1.165, 1.54) is 24.5 Å². The molecule has 0 saturated carbocycles. The number of nitrogen functional groups attached to an aromatic ring is 1. The Kier molecular flexibility index (Phi) is 7.93. The second-order valence-corrected chi connectivity index (χ2v) is 9.79. The largest absolute Gasteiger partial charge is 0.416 e. The summed E-state index contributed by atoms with van der Waals surface area (Å²) < 4.78 is 40.1. The van der Waals surface area contributed by atoms with Gasteiger partial charge in [0.15, 0.2) is 5.65 Å². The minimum atomic E-state index is -4.45. The van der Waals surface area contributed by atoms with Crippen molar-refractivity contribution < 1.29 is 22.8 Å². The Morgan fingerprint density at radius 1 is 1.14 bits per heavy atom. The van der Waals surface area contributed by atoms with Gasteiger partial charge in [0.05, 0.1) is 23.4 Å². The first-order valence-corrected chi connectivity index (χ1v) is 13.1. The second-order valence-electron chi connectivity index (χ2n) is 9.79. The zero-order valence-electron chi connectivity index (χ0n) is 22.4. The van der Waals surface area contributed by atoms with Crippen molar-refractivity contribution >= 4 is 34.4 Å². The summed E-state index contributed by atoms with van der Waals surface area (Å²) in [6.07, 6.45) is -0.195. The predicted octanol–water partition coefficient (Wildman–Crippen LogP) is 4.36. The molecule has 5 rings (SSSR count). The van der Waals surface area contributed by atoms with Crippen LogP contribution in [0.5, 0.6) is 0 Å². The quantitative estimate of drug-likeness (QED) is 0.271. The molecule has 1 atom stereocenters. The zero-order chi connectivity index (χ0) is 29.9. The Morgan fingerprint density at radius 2 is 1.93 bits per heavy atom. The standard InChI is InChI=1S/C30H26F3N7O2/c1-2-26(42)39-14-4-7-23(17-39)40-29-27(28(34)35-18-36-29)24(38-40)13-8-19-5-3-6-20(15-19)16-25(41)37-22-11-9-21(10-12-22)30(31,32)33/h2-3,5-6,9-12,15,18,23H,1,4,7,14,16-17H2,(H,37,41)(H2,34,35,36)/t23-/m1/s1. The topological polar surface area (TPSA) is 119 Å². The van der Waals surface area contributed by atoms with Crippen LogP contribution < -0.4 is 11.1 Å². The van der Waals surface area contributed by atoms with Crippen LogP contribution in [0.15, 0.2) is 67.5 Å². The average molecular weight is 574 g/mol. The molecule has 1 fully saturated rings. The molecule has 3 heterocycles. The minimum Gasteiger partial charge on any atom is -0.383 e. The normalized spacial score (nSPS) is 15.1. The Balaban J connectivity index is 1.34. The number of hydrogen-bond donors (Lipinski definition) is 2. The fourth-order valence-electron chi connectivity index (χ4n) is 4.84. The summed E-state index contributed by atoms with van der Waals surface area (Å²) in [5.74, 6) is 5.83. The number of anilines is 2. The van der Waals surface area contributed by atoms with Gasteiger partial charge in [-0.15, -0.1) is 0 Å². The molecule has 2 aromatic heterocycles. The van der Waals surface area contributed by atoms with Crippen molar-refractivity contribution in [2.24, 2.45) is 0 Å². The van der Waals surface area contributed by atoms with Gasteiger partial charge in [-0.3, -0.25) is 9.59 Å². The van der Waals surface area contributed by atoms with Gasteiger partial charge in [0.2, 0.25) is 11.8 Å². The molecule has 0 bridgehead atoms.